The predicted octanol–water partition coefficient (Wildman–Crippen LogP) is 2.00. The zero-order valence-corrected chi connectivity index (χ0v) is 10.7. The highest BCUT2D eigenvalue weighted by atomic mass is 16.4. The first kappa shape index (κ1) is 12.2. The fourth-order valence-corrected chi connectivity index (χ4v) is 2.71. The van der Waals surface area contributed by atoms with Gasteiger partial charge in [0.2, 0.25) is 5.91 Å². The van der Waals surface area contributed by atoms with Crippen LogP contribution in [0.15, 0.2) is 24.3 Å². The fourth-order valence-electron chi connectivity index (χ4n) is 2.71. The van der Waals surface area contributed by atoms with Gasteiger partial charge in [0.05, 0.1) is 5.92 Å². The summed E-state index contributed by atoms with van der Waals surface area (Å²) in [7, 11) is 0. The molecule has 1 heterocycles. The SMILES string of the molecule is O=C(O)C1CN(C(=O)CC2CC2)Cc2ccccc21. The molecule has 1 unspecified atom stereocenters. The largest absolute Gasteiger partial charge is 0.481 e. The summed E-state index contributed by atoms with van der Waals surface area (Å²) in [5, 5.41) is 9.34. The number of fused-ring (bicyclic) bond motifs is 1. The maximum absolute atomic E-state index is 12.2. The summed E-state index contributed by atoms with van der Waals surface area (Å²) in [6.07, 6.45) is 2.85. The Labute approximate surface area is 112 Å². The Morgan fingerprint density at radius 3 is 2.68 bits per heavy atom. The zero-order chi connectivity index (χ0) is 13.4. The third-order valence-corrected chi connectivity index (χ3v) is 4.01. The molecule has 1 aliphatic carbocycles. The molecule has 1 aliphatic heterocycles. The van der Waals surface area contributed by atoms with E-state index in [4.69, 9.17) is 0 Å². The van der Waals surface area contributed by atoms with E-state index in [1.807, 2.05) is 24.3 Å². The molecule has 1 fully saturated rings. The van der Waals surface area contributed by atoms with E-state index >= 15 is 0 Å². The van der Waals surface area contributed by atoms with E-state index in [1.165, 1.54) is 0 Å². The quantitative estimate of drug-likeness (QED) is 0.903. The van der Waals surface area contributed by atoms with Crippen molar-refractivity contribution in [2.75, 3.05) is 6.54 Å². The molecule has 1 aromatic rings. The number of benzene rings is 1. The van der Waals surface area contributed by atoms with Crippen molar-refractivity contribution >= 4 is 11.9 Å². The van der Waals surface area contributed by atoms with Crippen LogP contribution in [-0.2, 0) is 16.1 Å². The van der Waals surface area contributed by atoms with E-state index in [0.717, 1.165) is 24.0 Å². The van der Waals surface area contributed by atoms with Crippen molar-refractivity contribution in [3.63, 3.8) is 0 Å². The maximum atomic E-state index is 12.2. The van der Waals surface area contributed by atoms with E-state index < -0.39 is 11.9 Å². The number of carbonyl (C=O) groups is 2. The van der Waals surface area contributed by atoms with Gasteiger partial charge in [0.1, 0.15) is 0 Å². The molecule has 4 heteroatoms. The minimum Gasteiger partial charge on any atom is -0.481 e. The third-order valence-electron chi connectivity index (χ3n) is 4.01. The Kier molecular flexibility index (Phi) is 3.01. The van der Waals surface area contributed by atoms with E-state index in [9.17, 15) is 14.7 Å². The van der Waals surface area contributed by atoms with Crippen molar-refractivity contribution < 1.29 is 14.7 Å². The van der Waals surface area contributed by atoms with Crippen LogP contribution in [0.4, 0.5) is 0 Å². The molecule has 1 aromatic carbocycles. The summed E-state index contributed by atoms with van der Waals surface area (Å²) in [6.45, 7) is 0.851. The summed E-state index contributed by atoms with van der Waals surface area (Å²) in [5.74, 6) is -0.805. The Hall–Kier alpha value is -1.84. The van der Waals surface area contributed by atoms with Crippen molar-refractivity contribution in [3.8, 4) is 0 Å². The average Bonchev–Trinajstić information content (AvgIpc) is 3.21. The van der Waals surface area contributed by atoms with Crippen molar-refractivity contribution in [1.82, 2.24) is 4.90 Å². The number of aliphatic carboxylic acids is 1. The number of hydrogen-bond acceptors (Lipinski definition) is 2. The normalized spacial score (nSPS) is 21.9. The van der Waals surface area contributed by atoms with E-state index in [1.54, 1.807) is 4.90 Å². The Bertz CT molecular complexity index is 522. The molecule has 0 spiro atoms. The summed E-state index contributed by atoms with van der Waals surface area (Å²) >= 11 is 0. The lowest BCUT2D eigenvalue weighted by Gasteiger charge is -2.33. The van der Waals surface area contributed by atoms with Crippen molar-refractivity contribution in [1.29, 1.82) is 0 Å². The number of carbonyl (C=O) groups excluding carboxylic acids is 1. The number of carboxylic acid groups (broad SMARTS) is 1. The number of nitrogens with zero attached hydrogens (tertiary/aromatic N) is 1. The molecule has 1 atom stereocenters. The Morgan fingerprint density at radius 2 is 2.00 bits per heavy atom. The topological polar surface area (TPSA) is 57.6 Å². The summed E-state index contributed by atoms with van der Waals surface area (Å²) in [4.78, 5) is 25.2. The van der Waals surface area contributed by atoms with Crippen LogP contribution in [0.3, 0.4) is 0 Å². The number of rotatable bonds is 3. The molecule has 4 nitrogen and oxygen atoms in total. The molecular weight excluding hydrogens is 242 g/mol. The summed E-state index contributed by atoms with van der Waals surface area (Å²) in [5.41, 5.74) is 1.82. The lowest BCUT2D eigenvalue weighted by molar-refractivity contribution is -0.141. The number of carboxylic acids is 1. The second-order valence-electron chi connectivity index (χ2n) is 5.51. The van der Waals surface area contributed by atoms with Crippen molar-refractivity contribution in [2.24, 2.45) is 5.92 Å². The van der Waals surface area contributed by atoms with Crippen LogP contribution >= 0.6 is 0 Å². The van der Waals surface area contributed by atoms with Gasteiger partial charge in [0, 0.05) is 19.5 Å². The van der Waals surface area contributed by atoms with Crippen LogP contribution in [0.1, 0.15) is 36.3 Å². The van der Waals surface area contributed by atoms with Gasteiger partial charge in [-0.3, -0.25) is 9.59 Å². The monoisotopic (exact) mass is 259 g/mol. The van der Waals surface area contributed by atoms with Crippen molar-refractivity contribution in [3.05, 3.63) is 35.4 Å². The average molecular weight is 259 g/mol. The van der Waals surface area contributed by atoms with Gasteiger partial charge in [0.25, 0.3) is 0 Å². The molecule has 0 radical (unpaired) electrons. The zero-order valence-electron chi connectivity index (χ0n) is 10.7. The first-order valence-corrected chi connectivity index (χ1v) is 6.73. The van der Waals surface area contributed by atoms with Crippen LogP contribution in [-0.4, -0.2) is 28.4 Å². The van der Waals surface area contributed by atoms with Crippen LogP contribution in [0.5, 0.6) is 0 Å². The highest BCUT2D eigenvalue weighted by Crippen LogP contribution is 2.35. The Balaban J connectivity index is 1.83. The lowest BCUT2D eigenvalue weighted by atomic mass is 9.89. The first-order chi connectivity index (χ1) is 9.15. The van der Waals surface area contributed by atoms with Gasteiger partial charge in [-0.25, -0.2) is 0 Å². The van der Waals surface area contributed by atoms with Crippen LogP contribution in [0, 0.1) is 5.92 Å². The third kappa shape index (κ3) is 2.48. The van der Waals surface area contributed by atoms with Gasteiger partial charge in [-0.05, 0) is 29.9 Å². The molecule has 3 rings (SSSR count). The number of hydrogen-bond donors (Lipinski definition) is 1. The van der Waals surface area contributed by atoms with Gasteiger partial charge in [0.15, 0.2) is 0 Å². The molecule has 1 saturated carbocycles. The van der Waals surface area contributed by atoms with Gasteiger partial charge < -0.3 is 10.0 Å². The van der Waals surface area contributed by atoms with Crippen LogP contribution in [0.2, 0.25) is 0 Å². The molecule has 1 N–H and O–H groups in total. The van der Waals surface area contributed by atoms with E-state index in [-0.39, 0.29) is 5.91 Å². The van der Waals surface area contributed by atoms with E-state index in [2.05, 4.69) is 0 Å². The molecule has 2 aliphatic rings. The molecule has 0 aromatic heterocycles. The standard InChI is InChI=1S/C15H17NO3/c17-14(7-10-5-6-10)16-8-11-3-1-2-4-12(11)13(9-16)15(18)19/h1-4,10,13H,5-9H2,(H,18,19). The number of amides is 1. The second-order valence-corrected chi connectivity index (χ2v) is 5.51. The van der Waals surface area contributed by atoms with Gasteiger partial charge >= 0.3 is 5.97 Å². The summed E-state index contributed by atoms with van der Waals surface area (Å²) in [6, 6.07) is 7.53. The summed E-state index contributed by atoms with van der Waals surface area (Å²) < 4.78 is 0. The minimum absolute atomic E-state index is 0.100. The first-order valence-electron chi connectivity index (χ1n) is 6.73. The van der Waals surface area contributed by atoms with Crippen LogP contribution in [0.25, 0.3) is 0 Å². The smallest absolute Gasteiger partial charge is 0.312 e. The molecule has 0 saturated heterocycles. The molecule has 1 amide bonds. The van der Waals surface area contributed by atoms with Crippen molar-refractivity contribution in [2.45, 2.75) is 31.7 Å². The second kappa shape index (κ2) is 4.68. The van der Waals surface area contributed by atoms with Gasteiger partial charge in [-0.15, -0.1) is 0 Å². The molecule has 19 heavy (non-hydrogen) atoms. The maximum Gasteiger partial charge on any atom is 0.312 e. The minimum atomic E-state index is -0.851. The lowest BCUT2D eigenvalue weighted by Crippen LogP contribution is -2.40. The van der Waals surface area contributed by atoms with E-state index in [0.29, 0.717) is 25.4 Å². The van der Waals surface area contributed by atoms with Gasteiger partial charge in [-0.2, -0.15) is 0 Å². The fraction of sp³-hybridized carbons (Fsp3) is 0.467. The highest BCUT2D eigenvalue weighted by molar-refractivity contribution is 5.81. The molecule has 100 valence electrons. The molecule has 0 bridgehead atoms. The predicted molar refractivity (Wildman–Crippen MR) is 69.6 cm³/mol. The van der Waals surface area contributed by atoms with Gasteiger partial charge in [-0.1, -0.05) is 24.3 Å². The molecular formula is C15H17NO3. The Morgan fingerprint density at radius 1 is 1.26 bits per heavy atom. The van der Waals surface area contributed by atoms with Crippen LogP contribution < -0.4 is 0 Å². The highest BCUT2D eigenvalue weighted by Gasteiger charge is 2.34.